The summed E-state index contributed by atoms with van der Waals surface area (Å²) in [5.74, 6) is 0. The van der Waals surface area contributed by atoms with Gasteiger partial charge in [-0.15, -0.1) is 0 Å². The molecule has 0 amide bonds. The number of hydrogen-bond donors (Lipinski definition) is 2. The van der Waals surface area contributed by atoms with Crippen molar-refractivity contribution in [1.82, 2.24) is 10.2 Å². The van der Waals surface area contributed by atoms with Gasteiger partial charge in [-0.25, -0.2) is 0 Å². The summed E-state index contributed by atoms with van der Waals surface area (Å²) < 4.78 is 5.31. The number of aliphatic hydroxyl groups is 1. The van der Waals surface area contributed by atoms with Crippen molar-refractivity contribution in [2.75, 3.05) is 39.4 Å². The fourth-order valence-corrected chi connectivity index (χ4v) is 2.67. The summed E-state index contributed by atoms with van der Waals surface area (Å²) in [6, 6.07) is 6.49. The van der Waals surface area contributed by atoms with Crippen LogP contribution >= 0.6 is 0 Å². The van der Waals surface area contributed by atoms with Gasteiger partial charge in [0.05, 0.1) is 23.7 Å². The molecular formula is C16H25N3O4. The topological polar surface area (TPSA) is 87.9 Å². The Morgan fingerprint density at radius 2 is 2.00 bits per heavy atom. The second-order valence-corrected chi connectivity index (χ2v) is 6.34. The Bertz CT molecular complexity index is 513. The van der Waals surface area contributed by atoms with E-state index in [4.69, 9.17) is 4.74 Å². The summed E-state index contributed by atoms with van der Waals surface area (Å²) in [5.41, 5.74) is 0.199. The highest BCUT2D eigenvalue weighted by molar-refractivity contribution is 5.34. The number of benzene rings is 1. The summed E-state index contributed by atoms with van der Waals surface area (Å²) in [7, 11) is 0. The molecule has 1 heterocycles. The Morgan fingerprint density at radius 3 is 2.57 bits per heavy atom. The van der Waals surface area contributed by atoms with Crippen molar-refractivity contribution in [3.05, 3.63) is 39.9 Å². The third-order valence-corrected chi connectivity index (χ3v) is 4.06. The molecule has 1 aromatic carbocycles. The number of morpholine rings is 1. The summed E-state index contributed by atoms with van der Waals surface area (Å²) >= 11 is 0. The van der Waals surface area contributed by atoms with E-state index in [1.54, 1.807) is 12.1 Å². The summed E-state index contributed by atoms with van der Waals surface area (Å²) in [4.78, 5) is 12.5. The average Bonchev–Trinajstić information content (AvgIpc) is 2.53. The van der Waals surface area contributed by atoms with Crippen molar-refractivity contribution in [3.8, 4) is 0 Å². The van der Waals surface area contributed by atoms with Gasteiger partial charge in [0.2, 0.25) is 0 Å². The van der Waals surface area contributed by atoms with E-state index in [9.17, 15) is 15.2 Å². The first-order chi connectivity index (χ1) is 10.9. The molecule has 0 aromatic heterocycles. The normalized spacial score (nSPS) is 20.0. The van der Waals surface area contributed by atoms with Crippen LogP contribution in [0.2, 0.25) is 0 Å². The molecule has 7 nitrogen and oxygen atoms in total. The van der Waals surface area contributed by atoms with Gasteiger partial charge in [-0.3, -0.25) is 15.0 Å². The first-order valence-electron chi connectivity index (χ1n) is 7.88. The molecule has 0 spiro atoms. The fourth-order valence-electron chi connectivity index (χ4n) is 2.67. The lowest BCUT2D eigenvalue weighted by molar-refractivity contribution is -0.384. The maximum absolute atomic E-state index is 10.7. The fraction of sp³-hybridized carbons (Fsp3) is 0.625. The van der Waals surface area contributed by atoms with Gasteiger partial charge in [-0.05, 0) is 19.4 Å². The zero-order chi connectivity index (χ0) is 16.9. The second-order valence-electron chi connectivity index (χ2n) is 6.34. The van der Waals surface area contributed by atoms with Gasteiger partial charge in [-0.1, -0.05) is 12.1 Å². The van der Waals surface area contributed by atoms with Crippen molar-refractivity contribution >= 4 is 5.69 Å². The highest BCUT2D eigenvalue weighted by Crippen LogP contribution is 2.18. The third-order valence-electron chi connectivity index (χ3n) is 4.06. The first-order valence-corrected chi connectivity index (χ1v) is 7.88. The molecule has 2 rings (SSSR count). The molecule has 0 saturated carbocycles. The SMILES string of the molecule is C[C@H](NC[C@](C)(O)CN1CCOCC1)c1ccc([N+](=O)[O-])cc1. The lowest BCUT2D eigenvalue weighted by Crippen LogP contribution is -2.50. The average molecular weight is 323 g/mol. The van der Waals surface area contributed by atoms with Crippen molar-refractivity contribution < 1.29 is 14.8 Å². The Hall–Kier alpha value is -1.54. The minimum atomic E-state index is -0.841. The molecule has 1 aliphatic rings. The zero-order valence-electron chi connectivity index (χ0n) is 13.7. The molecule has 1 aliphatic heterocycles. The van der Waals surface area contributed by atoms with E-state index in [-0.39, 0.29) is 11.7 Å². The number of rotatable bonds is 7. The van der Waals surface area contributed by atoms with E-state index in [0.29, 0.717) is 26.3 Å². The largest absolute Gasteiger partial charge is 0.388 e. The van der Waals surface area contributed by atoms with E-state index in [1.165, 1.54) is 12.1 Å². The maximum atomic E-state index is 10.7. The number of ether oxygens (including phenoxy) is 1. The number of nitrogens with zero attached hydrogens (tertiary/aromatic N) is 2. The van der Waals surface area contributed by atoms with Crippen LogP contribution in [0, 0.1) is 10.1 Å². The number of β-amino-alcohol motifs (C(OH)–C–C–N with tert-alkyl or cyclic N) is 1. The van der Waals surface area contributed by atoms with E-state index in [0.717, 1.165) is 18.7 Å². The maximum Gasteiger partial charge on any atom is 0.269 e. The monoisotopic (exact) mass is 323 g/mol. The molecule has 0 aliphatic carbocycles. The number of nitro groups is 1. The van der Waals surface area contributed by atoms with Crippen molar-refractivity contribution in [1.29, 1.82) is 0 Å². The van der Waals surface area contributed by atoms with Gasteiger partial charge in [0.25, 0.3) is 5.69 Å². The number of nitrogens with one attached hydrogen (secondary N) is 1. The van der Waals surface area contributed by atoms with Gasteiger partial charge in [0.1, 0.15) is 0 Å². The number of hydrogen-bond acceptors (Lipinski definition) is 6. The first kappa shape index (κ1) is 17.8. The van der Waals surface area contributed by atoms with E-state index in [1.807, 2.05) is 13.8 Å². The second kappa shape index (κ2) is 7.83. The Balaban J connectivity index is 1.84. The quantitative estimate of drug-likeness (QED) is 0.581. The van der Waals surface area contributed by atoms with Crippen LogP contribution < -0.4 is 5.32 Å². The van der Waals surface area contributed by atoms with Gasteiger partial charge < -0.3 is 15.2 Å². The minimum Gasteiger partial charge on any atom is -0.388 e. The molecule has 23 heavy (non-hydrogen) atoms. The molecule has 0 radical (unpaired) electrons. The van der Waals surface area contributed by atoms with Crippen LogP contribution in [0.5, 0.6) is 0 Å². The summed E-state index contributed by atoms with van der Waals surface area (Å²) in [5, 5.41) is 24.5. The van der Waals surface area contributed by atoms with Crippen LogP contribution in [0.1, 0.15) is 25.5 Å². The molecule has 1 fully saturated rings. The van der Waals surface area contributed by atoms with Crippen LogP contribution in [-0.4, -0.2) is 59.9 Å². The third kappa shape index (κ3) is 5.54. The lowest BCUT2D eigenvalue weighted by Gasteiger charge is -2.34. The van der Waals surface area contributed by atoms with Crippen molar-refractivity contribution in [3.63, 3.8) is 0 Å². The van der Waals surface area contributed by atoms with Crippen molar-refractivity contribution in [2.24, 2.45) is 0 Å². The number of nitro benzene ring substituents is 1. The van der Waals surface area contributed by atoms with Crippen LogP contribution in [-0.2, 0) is 4.74 Å². The minimum absolute atomic E-state index is 0.00645. The lowest BCUT2D eigenvalue weighted by atomic mass is 10.0. The van der Waals surface area contributed by atoms with Crippen LogP contribution in [0.4, 0.5) is 5.69 Å². The van der Waals surface area contributed by atoms with Gasteiger partial charge in [-0.2, -0.15) is 0 Å². The van der Waals surface area contributed by atoms with Crippen LogP contribution in [0.3, 0.4) is 0 Å². The molecule has 2 atom stereocenters. The molecule has 7 heteroatoms. The number of non-ortho nitro benzene ring substituents is 1. The highest BCUT2D eigenvalue weighted by atomic mass is 16.6. The molecule has 1 aromatic rings. The van der Waals surface area contributed by atoms with Gasteiger partial charge in [0.15, 0.2) is 0 Å². The summed E-state index contributed by atoms with van der Waals surface area (Å²) in [6.07, 6.45) is 0. The molecule has 0 bridgehead atoms. The molecule has 2 N–H and O–H groups in total. The Kier molecular flexibility index (Phi) is 6.06. The Labute approximate surface area is 136 Å². The predicted molar refractivity (Wildman–Crippen MR) is 87.4 cm³/mol. The smallest absolute Gasteiger partial charge is 0.269 e. The molecule has 1 saturated heterocycles. The predicted octanol–water partition coefficient (Wildman–Crippen LogP) is 1.33. The van der Waals surface area contributed by atoms with Crippen LogP contribution in [0.25, 0.3) is 0 Å². The summed E-state index contributed by atoms with van der Waals surface area (Å²) in [6.45, 7) is 7.94. The van der Waals surface area contributed by atoms with Gasteiger partial charge >= 0.3 is 0 Å². The van der Waals surface area contributed by atoms with E-state index < -0.39 is 10.5 Å². The molecule has 0 unspecified atom stereocenters. The van der Waals surface area contributed by atoms with Crippen LogP contribution in [0.15, 0.2) is 24.3 Å². The zero-order valence-corrected chi connectivity index (χ0v) is 13.7. The highest BCUT2D eigenvalue weighted by Gasteiger charge is 2.25. The van der Waals surface area contributed by atoms with Crippen molar-refractivity contribution in [2.45, 2.75) is 25.5 Å². The van der Waals surface area contributed by atoms with Gasteiger partial charge in [0, 0.05) is 44.4 Å². The van der Waals surface area contributed by atoms with E-state index in [2.05, 4.69) is 10.2 Å². The van der Waals surface area contributed by atoms with E-state index >= 15 is 0 Å². The Morgan fingerprint density at radius 1 is 1.39 bits per heavy atom. The standard InChI is InChI=1S/C16H25N3O4/c1-13(14-3-5-15(6-4-14)19(21)22)17-11-16(2,20)12-18-7-9-23-10-8-18/h3-6,13,17,20H,7-12H2,1-2H3/t13-,16-/m0/s1. The molecule has 128 valence electrons. The molecular weight excluding hydrogens is 298 g/mol.